The minimum atomic E-state index is 0.103. The van der Waals surface area contributed by atoms with E-state index in [1.165, 1.54) is 0 Å². The molecule has 0 unspecified atom stereocenters. The molecule has 1 amide bonds. The highest BCUT2D eigenvalue weighted by molar-refractivity contribution is 5.81. The number of H-pyrrole nitrogens is 1. The fourth-order valence-electron chi connectivity index (χ4n) is 5.02. The molecule has 1 aliphatic rings. The fraction of sp³-hybridized carbons (Fsp3) is 0.344. The summed E-state index contributed by atoms with van der Waals surface area (Å²) in [5.41, 5.74) is 8.03. The number of likely N-dealkylation sites (tertiary alicyclic amines) is 1. The maximum atomic E-state index is 12.6. The second-order valence-corrected chi connectivity index (χ2v) is 10.8. The lowest BCUT2D eigenvalue weighted by Crippen LogP contribution is -2.43. The Kier molecular flexibility index (Phi) is 7.70. The molecule has 1 fully saturated rings. The van der Waals surface area contributed by atoms with Crippen molar-refractivity contribution < 1.29 is 4.79 Å². The number of amides is 1. The van der Waals surface area contributed by atoms with Crippen LogP contribution in [-0.2, 0) is 11.2 Å². The van der Waals surface area contributed by atoms with Crippen molar-refractivity contribution in [2.45, 2.75) is 52.0 Å². The molecule has 0 atom stereocenters. The van der Waals surface area contributed by atoms with Crippen LogP contribution in [-0.4, -0.2) is 51.9 Å². The Morgan fingerprint density at radius 2 is 1.68 bits per heavy atom. The number of carbonyl (C=O) groups is 1. The number of aromatic nitrogens is 3. The molecule has 0 radical (unpaired) electrons. The number of nitrogens with zero attached hydrogens (tertiary/aromatic N) is 3. The maximum Gasteiger partial charge on any atom is 0.224 e. The quantitative estimate of drug-likeness (QED) is 0.322. The van der Waals surface area contributed by atoms with Crippen molar-refractivity contribution in [1.29, 1.82) is 0 Å². The van der Waals surface area contributed by atoms with Gasteiger partial charge in [0.15, 0.2) is 0 Å². The highest BCUT2D eigenvalue weighted by atomic mass is 16.1. The predicted molar refractivity (Wildman–Crippen MR) is 154 cm³/mol. The van der Waals surface area contributed by atoms with Crippen molar-refractivity contribution in [1.82, 2.24) is 25.2 Å². The highest BCUT2D eigenvalue weighted by Crippen LogP contribution is 2.33. The van der Waals surface area contributed by atoms with E-state index >= 15 is 0 Å². The van der Waals surface area contributed by atoms with E-state index < -0.39 is 0 Å². The van der Waals surface area contributed by atoms with Crippen molar-refractivity contribution in [2.75, 3.05) is 20.1 Å². The molecule has 6 nitrogen and oxygen atoms in total. The number of hydrogen-bond donors (Lipinski definition) is 2. The lowest BCUT2D eigenvalue weighted by molar-refractivity contribution is -0.121. The zero-order valence-corrected chi connectivity index (χ0v) is 22.8. The van der Waals surface area contributed by atoms with Crippen molar-refractivity contribution >= 4 is 5.91 Å². The molecule has 2 aromatic carbocycles. The van der Waals surface area contributed by atoms with Crippen molar-refractivity contribution in [3.05, 3.63) is 83.8 Å². The van der Waals surface area contributed by atoms with Gasteiger partial charge in [-0.1, -0.05) is 62.4 Å². The number of hydrogen-bond acceptors (Lipinski definition) is 4. The lowest BCUT2D eigenvalue weighted by Gasteiger charge is -2.29. The molecule has 5 rings (SSSR count). The molecular formula is C32H37N5O. The van der Waals surface area contributed by atoms with Gasteiger partial charge in [0, 0.05) is 23.2 Å². The minimum Gasteiger partial charge on any atom is -0.353 e. The summed E-state index contributed by atoms with van der Waals surface area (Å²) in [6.07, 6.45) is 2.45. The normalized spacial score (nSPS) is 14.7. The van der Waals surface area contributed by atoms with Crippen molar-refractivity contribution in [3.63, 3.8) is 0 Å². The summed E-state index contributed by atoms with van der Waals surface area (Å²) in [5.74, 6) is 1.33. The summed E-state index contributed by atoms with van der Waals surface area (Å²) in [5, 5.41) is 3.21. The summed E-state index contributed by atoms with van der Waals surface area (Å²) < 4.78 is 0. The monoisotopic (exact) mass is 507 g/mol. The first-order chi connectivity index (χ1) is 18.4. The average molecular weight is 508 g/mol. The molecule has 196 valence electrons. The Bertz CT molecular complexity index is 1400. The van der Waals surface area contributed by atoms with Crippen LogP contribution in [0.2, 0.25) is 0 Å². The van der Waals surface area contributed by atoms with E-state index in [9.17, 15) is 4.79 Å². The lowest BCUT2D eigenvalue weighted by atomic mass is 9.99. The fourth-order valence-corrected chi connectivity index (χ4v) is 5.02. The Morgan fingerprint density at radius 1 is 0.974 bits per heavy atom. The van der Waals surface area contributed by atoms with Crippen LogP contribution in [0.5, 0.6) is 0 Å². The zero-order valence-electron chi connectivity index (χ0n) is 22.8. The summed E-state index contributed by atoms with van der Waals surface area (Å²) in [6.45, 7) is 8.37. The number of aromatic amines is 1. The van der Waals surface area contributed by atoms with Crippen LogP contribution in [0.1, 0.15) is 49.7 Å². The molecule has 4 aromatic rings. The van der Waals surface area contributed by atoms with Gasteiger partial charge in [0.05, 0.1) is 23.5 Å². The second-order valence-electron chi connectivity index (χ2n) is 10.8. The molecule has 2 aromatic heterocycles. The molecule has 6 heteroatoms. The van der Waals surface area contributed by atoms with Gasteiger partial charge in [-0.15, -0.1) is 0 Å². The largest absolute Gasteiger partial charge is 0.353 e. The molecule has 0 saturated carbocycles. The van der Waals surface area contributed by atoms with E-state index in [-0.39, 0.29) is 11.8 Å². The van der Waals surface area contributed by atoms with Gasteiger partial charge in [0.25, 0.3) is 0 Å². The Labute approximate surface area is 225 Å². The van der Waals surface area contributed by atoms with Crippen molar-refractivity contribution in [2.24, 2.45) is 0 Å². The number of piperidine rings is 1. The van der Waals surface area contributed by atoms with Crippen LogP contribution in [0.15, 0.2) is 66.7 Å². The first kappa shape index (κ1) is 25.9. The van der Waals surface area contributed by atoms with Crippen LogP contribution in [0.3, 0.4) is 0 Å². The van der Waals surface area contributed by atoms with Crippen LogP contribution in [0.25, 0.3) is 33.8 Å². The predicted octanol–water partition coefficient (Wildman–Crippen LogP) is 5.99. The van der Waals surface area contributed by atoms with E-state index in [0.717, 1.165) is 76.8 Å². The van der Waals surface area contributed by atoms with Gasteiger partial charge in [0.2, 0.25) is 5.91 Å². The smallest absolute Gasteiger partial charge is 0.224 e. The first-order valence-corrected chi connectivity index (χ1v) is 13.6. The SMILES string of the molecule is Cc1cccc(-c2[nH]c(C(C)C)nc2-c2cccc(-c3ccc(CC(=O)NC4CCN(C)CC4)cc3)c2)n1. The van der Waals surface area contributed by atoms with Crippen LogP contribution in [0, 0.1) is 6.92 Å². The number of aryl methyl sites for hydroxylation is 1. The van der Waals surface area contributed by atoms with Gasteiger partial charge in [-0.2, -0.15) is 0 Å². The molecule has 38 heavy (non-hydrogen) atoms. The van der Waals surface area contributed by atoms with E-state index in [0.29, 0.717) is 12.5 Å². The van der Waals surface area contributed by atoms with Crippen LogP contribution >= 0.6 is 0 Å². The first-order valence-electron chi connectivity index (χ1n) is 13.6. The minimum absolute atomic E-state index is 0.103. The van der Waals surface area contributed by atoms with E-state index in [2.05, 4.69) is 84.6 Å². The third-order valence-corrected chi connectivity index (χ3v) is 7.29. The summed E-state index contributed by atoms with van der Waals surface area (Å²) >= 11 is 0. The summed E-state index contributed by atoms with van der Waals surface area (Å²) in [6, 6.07) is 23.2. The van der Waals surface area contributed by atoms with Gasteiger partial charge >= 0.3 is 0 Å². The van der Waals surface area contributed by atoms with Crippen LogP contribution in [0.4, 0.5) is 0 Å². The molecule has 0 aliphatic carbocycles. The molecule has 3 heterocycles. The summed E-state index contributed by atoms with van der Waals surface area (Å²) in [7, 11) is 2.13. The van der Waals surface area contributed by atoms with Crippen molar-refractivity contribution in [3.8, 4) is 33.8 Å². The number of imidazole rings is 1. The number of benzene rings is 2. The second kappa shape index (κ2) is 11.3. The molecule has 1 aliphatic heterocycles. The highest BCUT2D eigenvalue weighted by Gasteiger charge is 2.19. The average Bonchev–Trinajstić information content (AvgIpc) is 3.37. The van der Waals surface area contributed by atoms with Crippen LogP contribution < -0.4 is 5.32 Å². The van der Waals surface area contributed by atoms with Gasteiger partial charge in [-0.3, -0.25) is 9.78 Å². The number of rotatable bonds is 7. The zero-order chi connectivity index (χ0) is 26.6. The number of carbonyl (C=O) groups excluding carboxylic acids is 1. The molecular weight excluding hydrogens is 470 g/mol. The third-order valence-electron chi connectivity index (χ3n) is 7.29. The molecule has 0 bridgehead atoms. The number of pyridine rings is 1. The van der Waals surface area contributed by atoms with E-state index in [1.54, 1.807) is 0 Å². The van der Waals surface area contributed by atoms with Gasteiger partial charge in [0.1, 0.15) is 5.82 Å². The molecule has 0 spiro atoms. The van der Waals surface area contributed by atoms with Gasteiger partial charge < -0.3 is 15.2 Å². The Morgan fingerprint density at radius 3 is 2.39 bits per heavy atom. The molecule has 2 N–H and O–H groups in total. The van der Waals surface area contributed by atoms with Gasteiger partial charge in [-0.05, 0) is 74.8 Å². The maximum absolute atomic E-state index is 12.6. The van der Waals surface area contributed by atoms with Gasteiger partial charge in [-0.25, -0.2) is 4.98 Å². The molecule has 1 saturated heterocycles. The van der Waals surface area contributed by atoms with E-state index in [4.69, 9.17) is 9.97 Å². The topological polar surface area (TPSA) is 73.9 Å². The Hall–Kier alpha value is -3.77. The summed E-state index contributed by atoms with van der Waals surface area (Å²) in [4.78, 5) is 28.2. The Balaban J connectivity index is 1.35. The third kappa shape index (κ3) is 6.03. The van der Waals surface area contributed by atoms with E-state index in [1.807, 2.05) is 25.1 Å². The standard InChI is InChI=1S/C32H37N5O/c1-21(2)32-35-30(31(36-32)28-10-5-7-22(3)33-28)26-9-6-8-25(20-26)24-13-11-23(12-14-24)19-29(38)34-27-15-17-37(4)18-16-27/h5-14,20-21,27H,15-19H2,1-4H3,(H,34,38)(H,35,36). The number of nitrogens with one attached hydrogen (secondary N) is 2.